The van der Waals surface area contributed by atoms with E-state index in [1.165, 1.54) is 22.5 Å². The highest BCUT2D eigenvalue weighted by Gasteiger charge is 1.98. The van der Waals surface area contributed by atoms with Crippen molar-refractivity contribution in [2.45, 2.75) is 19.9 Å². The van der Waals surface area contributed by atoms with Crippen molar-refractivity contribution >= 4 is 11.3 Å². The van der Waals surface area contributed by atoms with Crippen molar-refractivity contribution < 1.29 is 0 Å². The van der Waals surface area contributed by atoms with Crippen molar-refractivity contribution in [2.24, 2.45) is 0 Å². The number of rotatable bonds is 3. The number of thiazole rings is 1. The van der Waals surface area contributed by atoms with Crippen LogP contribution in [0.5, 0.6) is 0 Å². The fourth-order valence-corrected chi connectivity index (χ4v) is 2.07. The summed E-state index contributed by atoms with van der Waals surface area (Å²) in [4.78, 5) is 11.4. The lowest BCUT2D eigenvalue weighted by Gasteiger charge is -2.02. The molecule has 0 aliphatic carbocycles. The van der Waals surface area contributed by atoms with Crippen molar-refractivity contribution in [2.75, 3.05) is 0 Å². The van der Waals surface area contributed by atoms with E-state index in [-0.39, 0.29) is 4.87 Å². The van der Waals surface area contributed by atoms with E-state index in [1.54, 1.807) is 4.57 Å². The van der Waals surface area contributed by atoms with Crippen LogP contribution in [0.2, 0.25) is 0 Å². The first kappa shape index (κ1) is 10.2. The number of aromatic nitrogens is 1. The van der Waals surface area contributed by atoms with Crippen LogP contribution in [-0.2, 0) is 13.0 Å². The van der Waals surface area contributed by atoms with E-state index in [4.69, 9.17) is 0 Å². The number of hydrogen-bond donors (Lipinski definition) is 0. The minimum atomic E-state index is 0.106. The van der Waals surface area contributed by atoms with Crippen molar-refractivity contribution in [1.29, 1.82) is 0 Å². The van der Waals surface area contributed by atoms with Crippen LogP contribution < -0.4 is 4.87 Å². The second-order valence-corrected chi connectivity index (χ2v) is 4.32. The molecular formula is C12H13NOS. The van der Waals surface area contributed by atoms with E-state index < -0.39 is 0 Å². The third-order valence-corrected chi connectivity index (χ3v) is 3.12. The summed E-state index contributed by atoms with van der Waals surface area (Å²) in [5.74, 6) is 0. The molecule has 0 unspecified atom stereocenters. The van der Waals surface area contributed by atoms with Crippen LogP contribution in [0.15, 0.2) is 40.6 Å². The van der Waals surface area contributed by atoms with Gasteiger partial charge in [0.1, 0.15) is 0 Å². The first-order chi connectivity index (χ1) is 7.29. The smallest absolute Gasteiger partial charge is 0.302 e. The van der Waals surface area contributed by atoms with E-state index in [9.17, 15) is 4.79 Å². The first-order valence-corrected chi connectivity index (χ1v) is 5.89. The Kier molecular flexibility index (Phi) is 3.02. The van der Waals surface area contributed by atoms with Gasteiger partial charge in [-0.2, -0.15) is 0 Å². The summed E-state index contributed by atoms with van der Waals surface area (Å²) in [7, 11) is 0. The molecule has 2 aromatic rings. The summed E-state index contributed by atoms with van der Waals surface area (Å²) >= 11 is 1.24. The fraction of sp³-hybridized carbons (Fsp3) is 0.250. The highest BCUT2D eigenvalue weighted by atomic mass is 32.1. The monoisotopic (exact) mass is 219 g/mol. The maximum atomic E-state index is 11.3. The SMILES string of the molecule is CCc1ccc(Cn2ccsc2=O)cc1. The van der Waals surface area contributed by atoms with Gasteiger partial charge in [0, 0.05) is 11.6 Å². The molecule has 0 bridgehead atoms. The molecule has 0 N–H and O–H groups in total. The van der Waals surface area contributed by atoms with E-state index in [0.29, 0.717) is 6.54 Å². The Morgan fingerprint density at radius 1 is 1.20 bits per heavy atom. The molecule has 0 fully saturated rings. The molecule has 2 nitrogen and oxygen atoms in total. The fourth-order valence-electron chi connectivity index (χ4n) is 1.48. The zero-order valence-corrected chi connectivity index (χ0v) is 9.46. The van der Waals surface area contributed by atoms with E-state index >= 15 is 0 Å². The number of hydrogen-bond acceptors (Lipinski definition) is 2. The van der Waals surface area contributed by atoms with Gasteiger partial charge in [-0.25, -0.2) is 0 Å². The van der Waals surface area contributed by atoms with Crippen molar-refractivity contribution in [3.63, 3.8) is 0 Å². The maximum Gasteiger partial charge on any atom is 0.307 e. The Hall–Kier alpha value is -1.35. The number of benzene rings is 1. The molecule has 1 aromatic carbocycles. The summed E-state index contributed by atoms with van der Waals surface area (Å²) in [6, 6.07) is 8.41. The summed E-state index contributed by atoms with van der Waals surface area (Å²) in [6.07, 6.45) is 2.89. The molecule has 0 aliphatic heterocycles. The number of aryl methyl sites for hydroxylation is 1. The van der Waals surface area contributed by atoms with Gasteiger partial charge >= 0.3 is 4.87 Å². The third kappa shape index (κ3) is 2.36. The minimum absolute atomic E-state index is 0.106. The van der Waals surface area contributed by atoms with Crippen LogP contribution in [0.3, 0.4) is 0 Å². The molecule has 0 spiro atoms. The molecule has 1 heterocycles. The van der Waals surface area contributed by atoms with Gasteiger partial charge < -0.3 is 4.57 Å². The van der Waals surface area contributed by atoms with Crippen LogP contribution in [0.25, 0.3) is 0 Å². The summed E-state index contributed by atoms with van der Waals surface area (Å²) < 4.78 is 1.73. The lowest BCUT2D eigenvalue weighted by atomic mass is 10.1. The Labute approximate surface area is 92.8 Å². The van der Waals surface area contributed by atoms with Gasteiger partial charge in [0.25, 0.3) is 0 Å². The number of nitrogens with zero attached hydrogens (tertiary/aromatic N) is 1. The second-order valence-electron chi connectivity index (χ2n) is 3.47. The summed E-state index contributed by atoms with van der Waals surface area (Å²) in [5.41, 5.74) is 2.50. The Morgan fingerprint density at radius 3 is 2.40 bits per heavy atom. The molecule has 0 saturated heterocycles. The Morgan fingerprint density at radius 2 is 1.87 bits per heavy atom. The summed E-state index contributed by atoms with van der Waals surface area (Å²) in [5, 5.41) is 1.82. The average Bonchev–Trinajstić information content (AvgIpc) is 2.66. The van der Waals surface area contributed by atoms with Crippen molar-refractivity contribution in [3.05, 3.63) is 56.6 Å². The van der Waals surface area contributed by atoms with Gasteiger partial charge in [0.05, 0.1) is 6.54 Å². The lowest BCUT2D eigenvalue weighted by Crippen LogP contribution is -2.12. The van der Waals surface area contributed by atoms with Gasteiger partial charge in [-0.1, -0.05) is 42.5 Å². The molecule has 0 amide bonds. The Balaban J connectivity index is 2.18. The molecule has 2 rings (SSSR count). The van der Waals surface area contributed by atoms with Crippen LogP contribution in [0, 0.1) is 0 Å². The van der Waals surface area contributed by atoms with E-state index in [0.717, 1.165) is 6.42 Å². The molecule has 0 radical (unpaired) electrons. The largest absolute Gasteiger partial charge is 0.307 e. The van der Waals surface area contributed by atoms with Gasteiger partial charge in [-0.15, -0.1) is 0 Å². The van der Waals surface area contributed by atoms with Crippen LogP contribution in [-0.4, -0.2) is 4.57 Å². The molecule has 0 aliphatic rings. The first-order valence-electron chi connectivity index (χ1n) is 5.01. The van der Waals surface area contributed by atoms with Crippen LogP contribution in [0.4, 0.5) is 0 Å². The van der Waals surface area contributed by atoms with Crippen LogP contribution in [0.1, 0.15) is 18.1 Å². The standard InChI is InChI=1S/C12H13NOS/c1-2-10-3-5-11(6-4-10)9-13-7-8-15-12(13)14/h3-8H,2,9H2,1H3. The topological polar surface area (TPSA) is 22.0 Å². The van der Waals surface area contributed by atoms with Gasteiger partial charge in [-0.05, 0) is 17.5 Å². The maximum absolute atomic E-state index is 11.3. The van der Waals surface area contributed by atoms with Gasteiger partial charge in [-0.3, -0.25) is 4.79 Å². The zero-order valence-electron chi connectivity index (χ0n) is 8.64. The molecular weight excluding hydrogens is 206 g/mol. The van der Waals surface area contributed by atoms with E-state index in [2.05, 4.69) is 31.2 Å². The highest BCUT2D eigenvalue weighted by Crippen LogP contribution is 2.06. The predicted molar refractivity (Wildman–Crippen MR) is 63.5 cm³/mol. The second kappa shape index (κ2) is 4.45. The van der Waals surface area contributed by atoms with Crippen molar-refractivity contribution in [1.82, 2.24) is 4.57 Å². The van der Waals surface area contributed by atoms with Crippen molar-refractivity contribution in [3.8, 4) is 0 Å². The molecule has 0 saturated carbocycles. The lowest BCUT2D eigenvalue weighted by molar-refractivity contribution is 0.783. The molecule has 15 heavy (non-hydrogen) atoms. The van der Waals surface area contributed by atoms with E-state index in [1.807, 2.05) is 11.6 Å². The zero-order chi connectivity index (χ0) is 10.7. The third-order valence-electron chi connectivity index (χ3n) is 2.43. The van der Waals surface area contributed by atoms with Gasteiger partial charge in [0.15, 0.2) is 0 Å². The quantitative estimate of drug-likeness (QED) is 0.777. The van der Waals surface area contributed by atoms with Crippen LogP contribution >= 0.6 is 11.3 Å². The molecule has 78 valence electrons. The summed E-state index contributed by atoms with van der Waals surface area (Å²) in [6.45, 7) is 2.81. The average molecular weight is 219 g/mol. The minimum Gasteiger partial charge on any atom is -0.302 e. The molecule has 3 heteroatoms. The highest BCUT2D eigenvalue weighted by molar-refractivity contribution is 7.07. The predicted octanol–water partition coefficient (Wildman–Crippen LogP) is 2.52. The van der Waals surface area contributed by atoms with Gasteiger partial charge in [0.2, 0.25) is 0 Å². The molecule has 0 atom stereocenters. The Bertz CT molecular complexity index is 481. The molecule has 1 aromatic heterocycles. The normalized spacial score (nSPS) is 10.5.